The molecule has 0 saturated carbocycles. The van der Waals surface area contributed by atoms with Crippen molar-refractivity contribution < 1.29 is 23.1 Å². The van der Waals surface area contributed by atoms with Crippen molar-refractivity contribution >= 4 is 40.1 Å². The number of aryl methyl sites for hydroxylation is 1. The number of hydrogen-bond donors (Lipinski definition) is 1. The lowest BCUT2D eigenvalue weighted by atomic mass is 9.93. The Labute approximate surface area is 205 Å². The summed E-state index contributed by atoms with van der Waals surface area (Å²) in [7, 11) is 0. The molecule has 1 N–H and O–H groups in total. The zero-order chi connectivity index (χ0) is 24.6. The SMILES string of the molecule is Cc1nn(Cc2c(Cl)ccc(CN3CCC(CC(=O)O)CC3)c2Cl)c2ccc(C(F)(F)F)cc12. The average molecular weight is 514 g/mol. The molecule has 1 aromatic heterocycles. The van der Waals surface area contributed by atoms with Crippen LogP contribution in [-0.4, -0.2) is 38.8 Å². The van der Waals surface area contributed by atoms with Crippen molar-refractivity contribution in [2.45, 2.75) is 45.5 Å². The molecule has 1 saturated heterocycles. The van der Waals surface area contributed by atoms with Gasteiger partial charge in [-0.15, -0.1) is 0 Å². The predicted molar refractivity (Wildman–Crippen MR) is 125 cm³/mol. The van der Waals surface area contributed by atoms with Crippen molar-refractivity contribution in [3.8, 4) is 0 Å². The molecule has 0 amide bonds. The second kappa shape index (κ2) is 9.76. The Morgan fingerprint density at radius 3 is 2.50 bits per heavy atom. The number of rotatable bonds is 6. The van der Waals surface area contributed by atoms with Crippen molar-refractivity contribution in [3.63, 3.8) is 0 Å². The normalized spacial score (nSPS) is 15.8. The number of piperidine rings is 1. The highest BCUT2D eigenvalue weighted by Gasteiger charge is 2.31. The van der Waals surface area contributed by atoms with Gasteiger partial charge in [0.2, 0.25) is 0 Å². The minimum Gasteiger partial charge on any atom is -0.481 e. The first-order chi connectivity index (χ1) is 16.0. The van der Waals surface area contributed by atoms with E-state index < -0.39 is 17.7 Å². The zero-order valence-electron chi connectivity index (χ0n) is 18.5. The van der Waals surface area contributed by atoms with Crippen LogP contribution in [0.2, 0.25) is 10.0 Å². The number of likely N-dealkylation sites (tertiary alicyclic amines) is 1. The van der Waals surface area contributed by atoms with Gasteiger partial charge in [-0.1, -0.05) is 29.3 Å². The number of hydrogen-bond acceptors (Lipinski definition) is 3. The van der Waals surface area contributed by atoms with E-state index in [4.69, 9.17) is 28.3 Å². The molecule has 0 atom stereocenters. The smallest absolute Gasteiger partial charge is 0.416 e. The lowest BCUT2D eigenvalue weighted by Gasteiger charge is -2.31. The summed E-state index contributed by atoms with van der Waals surface area (Å²) in [6, 6.07) is 7.23. The molecule has 0 radical (unpaired) electrons. The van der Waals surface area contributed by atoms with Gasteiger partial charge in [0.05, 0.1) is 28.3 Å². The van der Waals surface area contributed by atoms with Crippen LogP contribution < -0.4 is 0 Å². The minimum atomic E-state index is -4.42. The van der Waals surface area contributed by atoms with E-state index in [2.05, 4.69) is 10.00 Å². The topological polar surface area (TPSA) is 58.4 Å². The molecule has 10 heteroatoms. The number of nitrogens with zero attached hydrogens (tertiary/aromatic N) is 3. The van der Waals surface area contributed by atoms with E-state index >= 15 is 0 Å². The fraction of sp³-hybridized carbons (Fsp3) is 0.417. The Kier molecular flexibility index (Phi) is 7.12. The third kappa shape index (κ3) is 5.34. The first kappa shape index (κ1) is 24.8. The number of carbonyl (C=O) groups is 1. The molecule has 0 aliphatic carbocycles. The van der Waals surface area contributed by atoms with E-state index in [1.165, 1.54) is 6.07 Å². The summed E-state index contributed by atoms with van der Waals surface area (Å²) in [5.41, 5.74) is 1.90. The summed E-state index contributed by atoms with van der Waals surface area (Å²) in [6.07, 6.45) is -2.58. The van der Waals surface area contributed by atoms with Crippen LogP contribution in [-0.2, 0) is 24.1 Å². The highest BCUT2D eigenvalue weighted by Crippen LogP contribution is 2.34. The Balaban J connectivity index is 1.55. The molecule has 0 unspecified atom stereocenters. The van der Waals surface area contributed by atoms with Gasteiger partial charge < -0.3 is 5.11 Å². The fourth-order valence-corrected chi connectivity index (χ4v) is 5.09. The number of carboxylic acid groups (broad SMARTS) is 1. The van der Waals surface area contributed by atoms with E-state index in [1.54, 1.807) is 17.7 Å². The number of fused-ring (bicyclic) bond motifs is 1. The molecule has 3 aromatic rings. The number of aromatic nitrogens is 2. The van der Waals surface area contributed by atoms with Gasteiger partial charge in [0.25, 0.3) is 0 Å². The summed E-state index contributed by atoms with van der Waals surface area (Å²) in [6.45, 7) is 4.08. The monoisotopic (exact) mass is 513 g/mol. The molecule has 5 nitrogen and oxygen atoms in total. The zero-order valence-corrected chi connectivity index (χ0v) is 20.0. The van der Waals surface area contributed by atoms with Gasteiger partial charge in [0.15, 0.2) is 0 Å². The Hall–Kier alpha value is -2.29. The van der Waals surface area contributed by atoms with Crippen LogP contribution in [0.3, 0.4) is 0 Å². The van der Waals surface area contributed by atoms with Crippen molar-refractivity contribution in [1.29, 1.82) is 0 Å². The second-order valence-electron chi connectivity index (χ2n) is 8.79. The van der Waals surface area contributed by atoms with Gasteiger partial charge in [0, 0.05) is 28.9 Å². The molecule has 2 heterocycles. The summed E-state index contributed by atoms with van der Waals surface area (Å²) >= 11 is 13.2. The summed E-state index contributed by atoms with van der Waals surface area (Å²) in [4.78, 5) is 13.2. The van der Waals surface area contributed by atoms with Crippen molar-refractivity contribution in [2.75, 3.05) is 13.1 Å². The molecule has 1 aliphatic heterocycles. The highest BCUT2D eigenvalue weighted by molar-refractivity contribution is 6.36. The van der Waals surface area contributed by atoms with Crippen LogP contribution >= 0.6 is 23.2 Å². The van der Waals surface area contributed by atoms with Gasteiger partial charge in [0.1, 0.15) is 0 Å². The number of alkyl halides is 3. The van der Waals surface area contributed by atoms with Gasteiger partial charge >= 0.3 is 12.1 Å². The maximum absolute atomic E-state index is 13.1. The van der Waals surface area contributed by atoms with Crippen molar-refractivity contribution in [2.24, 2.45) is 5.92 Å². The van der Waals surface area contributed by atoms with Gasteiger partial charge in [-0.25, -0.2) is 0 Å². The highest BCUT2D eigenvalue weighted by atomic mass is 35.5. The third-order valence-electron chi connectivity index (χ3n) is 6.40. The largest absolute Gasteiger partial charge is 0.481 e. The van der Waals surface area contributed by atoms with Gasteiger partial charge in [-0.2, -0.15) is 18.3 Å². The minimum absolute atomic E-state index is 0.194. The quantitative estimate of drug-likeness (QED) is 0.414. The summed E-state index contributed by atoms with van der Waals surface area (Å²) in [5.74, 6) is -0.570. The van der Waals surface area contributed by atoms with Crippen LogP contribution in [0.4, 0.5) is 13.2 Å². The summed E-state index contributed by atoms with van der Waals surface area (Å²) < 4.78 is 41.0. The Bertz CT molecular complexity index is 1220. The molecule has 0 spiro atoms. The number of carboxylic acids is 1. The van der Waals surface area contributed by atoms with Crippen molar-refractivity contribution in [3.05, 3.63) is 62.8 Å². The number of halogens is 5. The molecule has 4 rings (SSSR count). The maximum atomic E-state index is 13.1. The van der Waals surface area contributed by atoms with Crippen LogP contribution in [0.5, 0.6) is 0 Å². The van der Waals surface area contributed by atoms with Crippen LogP contribution in [0, 0.1) is 12.8 Å². The predicted octanol–water partition coefficient (Wildman–Crippen LogP) is 6.41. The molecule has 2 aromatic carbocycles. The molecule has 1 fully saturated rings. The number of aliphatic carboxylic acids is 1. The lowest BCUT2D eigenvalue weighted by molar-refractivity contribution is -0.139. The van der Waals surface area contributed by atoms with Crippen LogP contribution in [0.1, 0.15) is 41.6 Å². The first-order valence-corrected chi connectivity index (χ1v) is 11.7. The van der Waals surface area contributed by atoms with Crippen LogP contribution in [0.25, 0.3) is 10.9 Å². The molecule has 182 valence electrons. The van der Waals surface area contributed by atoms with Gasteiger partial charge in [-0.05, 0) is 68.6 Å². The van der Waals surface area contributed by atoms with E-state index in [-0.39, 0.29) is 18.9 Å². The fourth-order valence-electron chi connectivity index (χ4n) is 4.54. The standard InChI is InChI=1S/C24H24Cl2F3N3O2/c1-14-18-11-17(24(27,28)29)3-5-21(18)32(30-14)13-19-20(25)4-2-16(23(19)26)12-31-8-6-15(7-9-31)10-22(33)34/h2-5,11,15H,6-10,12-13H2,1H3,(H,33,34). The molecule has 34 heavy (non-hydrogen) atoms. The molecular weight excluding hydrogens is 490 g/mol. The van der Waals surface area contributed by atoms with Gasteiger partial charge in [-0.3, -0.25) is 14.4 Å². The van der Waals surface area contributed by atoms with Crippen molar-refractivity contribution in [1.82, 2.24) is 14.7 Å². The number of benzene rings is 2. The Morgan fingerprint density at radius 2 is 1.85 bits per heavy atom. The van der Waals surface area contributed by atoms with E-state index in [9.17, 15) is 18.0 Å². The van der Waals surface area contributed by atoms with E-state index in [1.807, 2.05) is 6.07 Å². The Morgan fingerprint density at radius 1 is 1.15 bits per heavy atom. The summed E-state index contributed by atoms with van der Waals surface area (Å²) in [5, 5.41) is 14.8. The second-order valence-corrected chi connectivity index (χ2v) is 9.57. The van der Waals surface area contributed by atoms with E-state index in [0.717, 1.165) is 43.6 Å². The first-order valence-electron chi connectivity index (χ1n) is 11.0. The molecular formula is C24H24Cl2F3N3O2. The van der Waals surface area contributed by atoms with E-state index in [0.29, 0.717) is 38.8 Å². The maximum Gasteiger partial charge on any atom is 0.416 e. The van der Waals surface area contributed by atoms with Crippen LogP contribution in [0.15, 0.2) is 30.3 Å². The molecule has 1 aliphatic rings. The molecule has 0 bridgehead atoms. The third-order valence-corrected chi connectivity index (χ3v) is 7.23. The average Bonchev–Trinajstić information content (AvgIpc) is 3.08. The lowest BCUT2D eigenvalue weighted by Crippen LogP contribution is -2.34.